The molecule has 0 spiro atoms. The number of hydrazone groups is 1. The number of hydrogen-bond donors (Lipinski definition) is 2. The lowest BCUT2D eigenvalue weighted by atomic mass is 10.1. The van der Waals surface area contributed by atoms with E-state index in [1.807, 2.05) is 18.2 Å². The number of rotatable bonds is 12. The first-order valence-corrected chi connectivity index (χ1v) is 12.8. The van der Waals surface area contributed by atoms with E-state index in [0.717, 1.165) is 12.8 Å². The third-order valence-corrected chi connectivity index (χ3v) is 6.37. The number of nitro benzene ring substituents is 1. The van der Waals surface area contributed by atoms with Crippen molar-refractivity contribution in [2.75, 3.05) is 32.8 Å². The van der Waals surface area contributed by atoms with Crippen LogP contribution in [0.3, 0.4) is 0 Å². The Morgan fingerprint density at radius 2 is 1.77 bits per heavy atom. The molecule has 0 unspecified atom stereocenters. The van der Waals surface area contributed by atoms with Gasteiger partial charge in [-0.15, -0.1) is 0 Å². The Morgan fingerprint density at radius 3 is 2.49 bits per heavy atom. The second-order valence-electron chi connectivity index (χ2n) is 9.02. The van der Waals surface area contributed by atoms with E-state index in [1.54, 1.807) is 36.4 Å². The Bertz CT molecular complexity index is 1270. The van der Waals surface area contributed by atoms with Gasteiger partial charge in [-0.1, -0.05) is 18.2 Å². The summed E-state index contributed by atoms with van der Waals surface area (Å²) in [6, 6.07) is 18.2. The van der Waals surface area contributed by atoms with Crippen molar-refractivity contribution in [2.45, 2.75) is 25.3 Å². The Balaban J connectivity index is 1.28. The number of morpholine rings is 1. The van der Waals surface area contributed by atoms with Crippen LogP contribution in [0.1, 0.15) is 35.4 Å². The molecule has 0 radical (unpaired) electrons. The van der Waals surface area contributed by atoms with Crippen LogP contribution in [-0.4, -0.2) is 66.7 Å². The van der Waals surface area contributed by atoms with Crippen LogP contribution in [0.2, 0.25) is 0 Å². The molecule has 0 saturated carbocycles. The molecule has 2 aromatic carbocycles. The van der Waals surface area contributed by atoms with Gasteiger partial charge in [0.05, 0.1) is 30.4 Å². The summed E-state index contributed by atoms with van der Waals surface area (Å²) < 4.78 is 11.2. The minimum Gasteiger partial charge on any atom is -0.455 e. The molecule has 4 rings (SSSR count). The van der Waals surface area contributed by atoms with Crippen molar-refractivity contribution in [2.24, 2.45) is 5.10 Å². The second kappa shape index (κ2) is 14.0. The van der Waals surface area contributed by atoms with Gasteiger partial charge in [-0.3, -0.25) is 24.6 Å². The molecule has 1 aliphatic heterocycles. The minimum atomic E-state index is -0.458. The number of unbranched alkanes of at least 4 members (excludes halogenated alkanes) is 1. The SMILES string of the molecule is O=C(NCCCC[C@H](C(=O)N/N=C/c1ccc(-c2ccc([N+](=O)[O-])cc2)o1)N1CCOCC1)c1ccccc1. The molecule has 3 aromatic rings. The Labute approximate surface area is 226 Å². The monoisotopic (exact) mass is 533 g/mol. The van der Waals surface area contributed by atoms with Crippen molar-refractivity contribution in [3.63, 3.8) is 0 Å². The lowest BCUT2D eigenvalue weighted by Crippen LogP contribution is -2.50. The van der Waals surface area contributed by atoms with E-state index in [4.69, 9.17) is 9.15 Å². The summed E-state index contributed by atoms with van der Waals surface area (Å²) in [6.45, 7) is 2.97. The number of nitrogens with zero attached hydrogens (tertiary/aromatic N) is 3. The topological polar surface area (TPSA) is 139 Å². The molecular formula is C28H31N5O6. The van der Waals surface area contributed by atoms with Gasteiger partial charge < -0.3 is 14.5 Å². The van der Waals surface area contributed by atoms with Crippen LogP contribution < -0.4 is 10.7 Å². The first kappa shape index (κ1) is 27.7. The van der Waals surface area contributed by atoms with Crippen molar-refractivity contribution in [1.82, 2.24) is 15.6 Å². The van der Waals surface area contributed by atoms with Crippen LogP contribution in [0.5, 0.6) is 0 Å². The maximum absolute atomic E-state index is 13.0. The fourth-order valence-electron chi connectivity index (χ4n) is 4.28. The molecule has 11 heteroatoms. The van der Waals surface area contributed by atoms with E-state index >= 15 is 0 Å². The van der Waals surface area contributed by atoms with Gasteiger partial charge in [0.25, 0.3) is 17.5 Å². The molecule has 0 bridgehead atoms. The number of carbonyl (C=O) groups excluding carboxylic acids is 2. The number of benzene rings is 2. The van der Waals surface area contributed by atoms with Gasteiger partial charge in [0.1, 0.15) is 11.5 Å². The predicted octanol–water partition coefficient (Wildman–Crippen LogP) is 3.61. The molecule has 1 atom stereocenters. The van der Waals surface area contributed by atoms with Gasteiger partial charge in [-0.05, 0) is 55.7 Å². The lowest BCUT2D eigenvalue weighted by molar-refractivity contribution is -0.384. The van der Waals surface area contributed by atoms with Crippen molar-refractivity contribution in [3.05, 3.63) is 88.2 Å². The predicted molar refractivity (Wildman–Crippen MR) is 145 cm³/mol. The van der Waals surface area contributed by atoms with E-state index in [9.17, 15) is 19.7 Å². The van der Waals surface area contributed by atoms with E-state index in [1.165, 1.54) is 18.3 Å². The highest BCUT2D eigenvalue weighted by molar-refractivity contribution is 5.94. The molecule has 1 fully saturated rings. The molecular weight excluding hydrogens is 502 g/mol. The normalized spacial score (nSPS) is 14.7. The Morgan fingerprint density at radius 1 is 1.03 bits per heavy atom. The third-order valence-electron chi connectivity index (χ3n) is 6.37. The number of amides is 2. The van der Waals surface area contributed by atoms with Crippen molar-refractivity contribution in [3.8, 4) is 11.3 Å². The molecule has 2 N–H and O–H groups in total. The summed E-state index contributed by atoms with van der Waals surface area (Å²) in [5.74, 6) is 0.634. The molecule has 11 nitrogen and oxygen atoms in total. The highest BCUT2D eigenvalue weighted by Crippen LogP contribution is 2.24. The molecule has 2 amide bonds. The fraction of sp³-hybridized carbons (Fsp3) is 0.321. The maximum Gasteiger partial charge on any atom is 0.269 e. The van der Waals surface area contributed by atoms with Crippen LogP contribution in [0.15, 0.2) is 76.2 Å². The van der Waals surface area contributed by atoms with E-state index in [2.05, 4.69) is 20.7 Å². The van der Waals surface area contributed by atoms with Gasteiger partial charge in [0, 0.05) is 42.9 Å². The second-order valence-corrected chi connectivity index (χ2v) is 9.02. The Kier molecular flexibility index (Phi) is 9.92. The number of non-ortho nitro benzene ring substituents is 1. The van der Waals surface area contributed by atoms with E-state index < -0.39 is 4.92 Å². The lowest BCUT2D eigenvalue weighted by Gasteiger charge is -2.33. The van der Waals surface area contributed by atoms with Crippen LogP contribution >= 0.6 is 0 Å². The molecule has 0 aliphatic carbocycles. The average molecular weight is 534 g/mol. The molecule has 204 valence electrons. The summed E-state index contributed by atoms with van der Waals surface area (Å²) in [6.07, 6.45) is 3.54. The largest absolute Gasteiger partial charge is 0.455 e. The van der Waals surface area contributed by atoms with Gasteiger partial charge in [-0.2, -0.15) is 5.10 Å². The van der Waals surface area contributed by atoms with Crippen molar-refractivity contribution >= 4 is 23.7 Å². The maximum atomic E-state index is 13.0. The zero-order valence-electron chi connectivity index (χ0n) is 21.5. The molecule has 39 heavy (non-hydrogen) atoms. The number of carbonyl (C=O) groups is 2. The highest BCUT2D eigenvalue weighted by atomic mass is 16.6. The number of hydrogen-bond acceptors (Lipinski definition) is 8. The van der Waals surface area contributed by atoms with Crippen LogP contribution in [0.25, 0.3) is 11.3 Å². The highest BCUT2D eigenvalue weighted by Gasteiger charge is 2.27. The van der Waals surface area contributed by atoms with Crippen molar-refractivity contribution < 1.29 is 23.7 Å². The van der Waals surface area contributed by atoms with Gasteiger partial charge >= 0.3 is 0 Å². The average Bonchev–Trinajstić information content (AvgIpc) is 3.44. The minimum absolute atomic E-state index is 0.00145. The summed E-state index contributed by atoms with van der Waals surface area (Å²) >= 11 is 0. The van der Waals surface area contributed by atoms with Crippen molar-refractivity contribution in [1.29, 1.82) is 0 Å². The molecule has 2 heterocycles. The molecule has 1 saturated heterocycles. The Hall–Kier alpha value is -4.35. The molecule has 1 aliphatic rings. The first-order valence-electron chi connectivity index (χ1n) is 12.8. The van der Waals surface area contributed by atoms with Crippen LogP contribution in [0.4, 0.5) is 5.69 Å². The van der Waals surface area contributed by atoms with Crippen LogP contribution in [-0.2, 0) is 9.53 Å². The summed E-state index contributed by atoms with van der Waals surface area (Å²) in [5, 5.41) is 17.8. The standard InChI is InChI=1S/C28H31N5O6/c34-27(22-6-2-1-3-7-22)29-15-5-4-8-25(32-16-18-38-19-17-32)28(35)31-30-20-24-13-14-26(39-24)21-9-11-23(12-10-21)33(36)37/h1-3,6-7,9-14,20,25H,4-5,8,15-19H2,(H,29,34)(H,31,35)/b30-20+/t25-/m1/s1. The summed E-state index contributed by atoms with van der Waals surface area (Å²) in [7, 11) is 0. The third kappa shape index (κ3) is 8.06. The number of furan rings is 1. The van der Waals surface area contributed by atoms with Crippen LogP contribution in [0, 0.1) is 10.1 Å². The molecule has 1 aromatic heterocycles. The quantitative estimate of drug-likeness (QED) is 0.157. The van der Waals surface area contributed by atoms with Gasteiger partial charge in [0.15, 0.2) is 0 Å². The first-order chi connectivity index (χ1) is 19.0. The number of nitro groups is 1. The summed E-state index contributed by atoms with van der Waals surface area (Å²) in [5.41, 5.74) is 3.94. The number of ether oxygens (including phenoxy) is 1. The zero-order chi connectivity index (χ0) is 27.5. The summed E-state index contributed by atoms with van der Waals surface area (Å²) in [4.78, 5) is 37.7. The van der Waals surface area contributed by atoms with E-state index in [0.29, 0.717) is 61.9 Å². The number of nitrogens with one attached hydrogen (secondary N) is 2. The fourth-order valence-corrected chi connectivity index (χ4v) is 4.28. The van der Waals surface area contributed by atoms with E-state index in [-0.39, 0.29) is 23.5 Å². The van der Waals surface area contributed by atoms with Gasteiger partial charge in [0.2, 0.25) is 0 Å². The zero-order valence-corrected chi connectivity index (χ0v) is 21.5. The van der Waals surface area contributed by atoms with Gasteiger partial charge in [-0.25, -0.2) is 5.43 Å². The smallest absolute Gasteiger partial charge is 0.269 e.